The van der Waals surface area contributed by atoms with Gasteiger partial charge in [0.2, 0.25) is 5.91 Å². The number of nitrogens with zero attached hydrogens (tertiary/aromatic N) is 1. The zero-order chi connectivity index (χ0) is 12.8. The van der Waals surface area contributed by atoms with E-state index in [-0.39, 0.29) is 18.1 Å². The summed E-state index contributed by atoms with van der Waals surface area (Å²) >= 11 is 0. The molecule has 1 N–H and O–H groups in total. The second kappa shape index (κ2) is 5.95. The maximum absolute atomic E-state index is 13.3. The number of benzene rings is 1. The molecule has 94 valence electrons. The van der Waals surface area contributed by atoms with Gasteiger partial charge in [-0.05, 0) is 18.1 Å². The van der Waals surface area contributed by atoms with E-state index in [1.54, 1.807) is 18.2 Å². The fourth-order valence-corrected chi connectivity index (χ4v) is 1.55. The van der Waals surface area contributed by atoms with E-state index in [0.29, 0.717) is 24.2 Å². The minimum atomic E-state index is -0.276. The lowest BCUT2D eigenvalue weighted by Gasteiger charge is -2.04. The minimum absolute atomic E-state index is 0.138. The summed E-state index contributed by atoms with van der Waals surface area (Å²) in [5, 5.41) is 2.69. The van der Waals surface area contributed by atoms with E-state index < -0.39 is 0 Å². The van der Waals surface area contributed by atoms with Gasteiger partial charge in [-0.1, -0.05) is 18.2 Å². The normalized spacial score (nSPS) is 10.3. The molecule has 2 rings (SSSR count). The Bertz CT molecular complexity index is 511. The summed E-state index contributed by atoms with van der Waals surface area (Å²) in [5.74, 6) is -0.414. The molecule has 0 spiro atoms. The average molecular weight is 248 g/mol. The van der Waals surface area contributed by atoms with E-state index >= 15 is 0 Å². The van der Waals surface area contributed by atoms with Crippen LogP contribution >= 0.6 is 0 Å². The summed E-state index contributed by atoms with van der Waals surface area (Å²) in [4.78, 5) is 15.4. The summed E-state index contributed by atoms with van der Waals surface area (Å²) in [6.07, 6.45) is 3.41. The zero-order valence-corrected chi connectivity index (χ0v) is 9.73. The Kier molecular flexibility index (Phi) is 4.06. The number of carbonyl (C=O) groups is 1. The number of rotatable bonds is 5. The van der Waals surface area contributed by atoms with E-state index in [1.807, 2.05) is 0 Å². The number of aryl methyl sites for hydroxylation is 1. The molecule has 0 aliphatic rings. The van der Waals surface area contributed by atoms with Crippen LogP contribution in [0.3, 0.4) is 0 Å². The smallest absolute Gasteiger partial charge is 0.220 e. The van der Waals surface area contributed by atoms with Crippen molar-refractivity contribution >= 4 is 5.91 Å². The molecule has 18 heavy (non-hydrogen) atoms. The molecule has 1 amide bonds. The topological polar surface area (TPSA) is 55.1 Å². The van der Waals surface area contributed by atoms with E-state index in [4.69, 9.17) is 4.42 Å². The van der Waals surface area contributed by atoms with Crippen molar-refractivity contribution in [2.45, 2.75) is 19.4 Å². The number of carbonyl (C=O) groups excluding carboxylic acids is 1. The number of hydrogen-bond acceptors (Lipinski definition) is 3. The van der Waals surface area contributed by atoms with E-state index in [9.17, 15) is 9.18 Å². The fourth-order valence-electron chi connectivity index (χ4n) is 1.55. The number of halogens is 1. The standard InChI is InChI=1S/C13H13FN2O2/c14-12-4-2-1-3-10(12)5-6-13(17)15-7-11-8-18-9-16-11/h1-4,8-9H,5-7H2,(H,15,17). The lowest BCUT2D eigenvalue weighted by molar-refractivity contribution is -0.121. The van der Waals surface area contributed by atoms with Gasteiger partial charge in [-0.2, -0.15) is 0 Å². The quantitative estimate of drug-likeness (QED) is 0.881. The van der Waals surface area contributed by atoms with Crippen LogP contribution in [0.5, 0.6) is 0 Å². The molecule has 0 aliphatic heterocycles. The number of aromatic nitrogens is 1. The monoisotopic (exact) mass is 248 g/mol. The summed E-state index contributed by atoms with van der Waals surface area (Å²) in [6, 6.07) is 6.46. The predicted molar refractivity (Wildman–Crippen MR) is 63.1 cm³/mol. The van der Waals surface area contributed by atoms with Crippen LogP contribution in [0.1, 0.15) is 17.7 Å². The molecule has 1 aromatic heterocycles. The van der Waals surface area contributed by atoms with Crippen molar-refractivity contribution in [3.05, 3.63) is 54.0 Å². The molecule has 0 aliphatic carbocycles. The third-order valence-electron chi connectivity index (χ3n) is 2.53. The Hall–Kier alpha value is -2.17. The summed E-state index contributed by atoms with van der Waals surface area (Å²) in [7, 11) is 0. The van der Waals surface area contributed by atoms with Gasteiger partial charge < -0.3 is 9.73 Å². The molecule has 0 radical (unpaired) electrons. The number of hydrogen-bond donors (Lipinski definition) is 1. The third-order valence-corrected chi connectivity index (χ3v) is 2.53. The van der Waals surface area contributed by atoms with Crippen LogP contribution in [0, 0.1) is 5.82 Å². The van der Waals surface area contributed by atoms with Crippen LogP contribution in [0.25, 0.3) is 0 Å². The Morgan fingerprint density at radius 3 is 2.94 bits per heavy atom. The van der Waals surface area contributed by atoms with E-state index in [2.05, 4.69) is 10.3 Å². The van der Waals surface area contributed by atoms with Gasteiger partial charge in [0.25, 0.3) is 0 Å². The van der Waals surface area contributed by atoms with Gasteiger partial charge in [0.05, 0.1) is 12.2 Å². The molecular weight excluding hydrogens is 235 g/mol. The van der Waals surface area contributed by atoms with Gasteiger partial charge in [-0.15, -0.1) is 0 Å². The van der Waals surface area contributed by atoms with Gasteiger partial charge in [-0.3, -0.25) is 4.79 Å². The molecule has 1 heterocycles. The average Bonchev–Trinajstić information content (AvgIpc) is 2.88. The van der Waals surface area contributed by atoms with Crippen molar-refractivity contribution in [2.75, 3.05) is 0 Å². The second-order valence-corrected chi connectivity index (χ2v) is 3.85. The second-order valence-electron chi connectivity index (χ2n) is 3.85. The van der Waals surface area contributed by atoms with Gasteiger partial charge in [0, 0.05) is 6.42 Å². The molecule has 2 aromatic rings. The molecule has 0 atom stereocenters. The highest BCUT2D eigenvalue weighted by Gasteiger charge is 2.06. The van der Waals surface area contributed by atoms with Gasteiger partial charge in [0.1, 0.15) is 12.1 Å². The molecule has 1 aromatic carbocycles. The molecule has 0 saturated carbocycles. The first-order valence-corrected chi connectivity index (χ1v) is 5.63. The Morgan fingerprint density at radius 1 is 1.39 bits per heavy atom. The summed E-state index contributed by atoms with van der Waals surface area (Å²) in [6.45, 7) is 0.326. The van der Waals surface area contributed by atoms with Crippen molar-refractivity contribution in [1.82, 2.24) is 10.3 Å². The van der Waals surface area contributed by atoms with Gasteiger partial charge in [-0.25, -0.2) is 9.37 Å². The van der Waals surface area contributed by atoms with E-state index in [1.165, 1.54) is 18.7 Å². The fraction of sp³-hybridized carbons (Fsp3) is 0.231. The van der Waals surface area contributed by atoms with Crippen molar-refractivity contribution in [3.8, 4) is 0 Å². The molecule has 0 unspecified atom stereocenters. The molecule has 0 fully saturated rings. The van der Waals surface area contributed by atoms with Crippen LogP contribution in [0.4, 0.5) is 4.39 Å². The zero-order valence-electron chi connectivity index (χ0n) is 9.73. The first-order chi connectivity index (χ1) is 8.75. The van der Waals surface area contributed by atoms with E-state index in [0.717, 1.165) is 0 Å². The molecule has 0 saturated heterocycles. The molecule has 4 nitrogen and oxygen atoms in total. The minimum Gasteiger partial charge on any atom is -0.451 e. The maximum Gasteiger partial charge on any atom is 0.220 e. The predicted octanol–water partition coefficient (Wildman–Crippen LogP) is 2.06. The van der Waals surface area contributed by atoms with Crippen molar-refractivity contribution in [2.24, 2.45) is 0 Å². The van der Waals surface area contributed by atoms with Crippen LogP contribution < -0.4 is 5.32 Å². The van der Waals surface area contributed by atoms with Crippen LogP contribution in [0.2, 0.25) is 0 Å². The number of nitrogens with one attached hydrogen (secondary N) is 1. The molecule has 0 bridgehead atoms. The lowest BCUT2D eigenvalue weighted by Crippen LogP contribution is -2.23. The first-order valence-electron chi connectivity index (χ1n) is 5.63. The van der Waals surface area contributed by atoms with Crippen LogP contribution in [-0.4, -0.2) is 10.9 Å². The maximum atomic E-state index is 13.3. The van der Waals surface area contributed by atoms with Crippen LogP contribution in [-0.2, 0) is 17.8 Å². The molecule has 5 heteroatoms. The first kappa shape index (κ1) is 12.3. The number of oxazole rings is 1. The SMILES string of the molecule is O=C(CCc1ccccc1F)NCc1cocn1. The Labute approximate surface area is 104 Å². The van der Waals surface area contributed by atoms with Gasteiger partial charge in [0.15, 0.2) is 6.39 Å². The summed E-state index contributed by atoms with van der Waals surface area (Å²) < 4.78 is 18.1. The number of amides is 1. The summed E-state index contributed by atoms with van der Waals surface area (Å²) in [5.41, 5.74) is 1.21. The Morgan fingerprint density at radius 2 is 2.22 bits per heavy atom. The highest BCUT2D eigenvalue weighted by Crippen LogP contribution is 2.08. The highest BCUT2D eigenvalue weighted by molar-refractivity contribution is 5.76. The van der Waals surface area contributed by atoms with Crippen LogP contribution in [0.15, 0.2) is 41.3 Å². The molecular formula is C13H13FN2O2. The largest absolute Gasteiger partial charge is 0.451 e. The highest BCUT2D eigenvalue weighted by atomic mass is 19.1. The van der Waals surface area contributed by atoms with Crippen molar-refractivity contribution < 1.29 is 13.6 Å². The Balaban J connectivity index is 1.77. The van der Waals surface area contributed by atoms with Crippen molar-refractivity contribution in [3.63, 3.8) is 0 Å². The van der Waals surface area contributed by atoms with Crippen molar-refractivity contribution in [1.29, 1.82) is 0 Å². The third kappa shape index (κ3) is 3.41. The lowest BCUT2D eigenvalue weighted by atomic mass is 10.1. The van der Waals surface area contributed by atoms with Gasteiger partial charge >= 0.3 is 0 Å².